The molecule has 2 aliphatic rings. The summed E-state index contributed by atoms with van der Waals surface area (Å²) in [7, 11) is 1.65. The number of rotatable bonds is 6. The lowest BCUT2D eigenvalue weighted by Gasteiger charge is -2.38. The maximum Gasteiger partial charge on any atom is 0.224 e. The topological polar surface area (TPSA) is 59.0 Å². The first-order valence-electron chi connectivity index (χ1n) is 13.7. The fraction of sp³-hybridized carbons (Fsp3) is 0.364. The molecule has 0 bridgehead atoms. The molecule has 5 heteroatoms. The van der Waals surface area contributed by atoms with Gasteiger partial charge in [0, 0.05) is 19.1 Å². The predicted molar refractivity (Wildman–Crippen MR) is 153 cm³/mol. The van der Waals surface area contributed by atoms with Gasteiger partial charge in [-0.1, -0.05) is 62.4 Å². The Morgan fingerprint density at radius 3 is 2.24 bits per heavy atom. The highest BCUT2D eigenvalue weighted by atomic mass is 16.5. The molecule has 0 spiro atoms. The molecule has 196 valence electrons. The monoisotopic (exact) mass is 508 g/mol. The Bertz CT molecular complexity index is 1340. The van der Waals surface area contributed by atoms with Crippen LogP contribution >= 0.6 is 0 Å². The number of carbonyl (C=O) groups is 2. The summed E-state index contributed by atoms with van der Waals surface area (Å²) in [6.45, 7) is 6.01. The third-order valence-corrected chi connectivity index (χ3v) is 8.27. The minimum Gasteiger partial charge on any atom is -0.497 e. The Kier molecular flexibility index (Phi) is 7.46. The van der Waals surface area contributed by atoms with Crippen molar-refractivity contribution >= 4 is 28.8 Å². The maximum atomic E-state index is 14.0. The molecule has 1 fully saturated rings. The zero-order valence-electron chi connectivity index (χ0n) is 22.7. The third-order valence-electron chi connectivity index (χ3n) is 8.27. The predicted octanol–water partition coefficient (Wildman–Crippen LogP) is 7.54. The molecule has 3 aromatic rings. The van der Waals surface area contributed by atoms with Crippen LogP contribution in [0.5, 0.6) is 5.75 Å². The number of ketones is 1. The van der Waals surface area contributed by atoms with Crippen molar-refractivity contribution in [1.82, 2.24) is 0 Å². The van der Waals surface area contributed by atoms with Gasteiger partial charge in [0.1, 0.15) is 11.5 Å². The van der Waals surface area contributed by atoms with Gasteiger partial charge in [-0.2, -0.15) is 0 Å². The molecule has 1 aliphatic heterocycles. The second-order valence-corrected chi connectivity index (χ2v) is 10.4. The first kappa shape index (κ1) is 25.9. The Morgan fingerprint density at radius 2 is 1.61 bits per heavy atom. The smallest absolute Gasteiger partial charge is 0.224 e. The van der Waals surface area contributed by atoms with Gasteiger partial charge in [0.2, 0.25) is 5.91 Å². The molecule has 5 rings (SSSR count). The summed E-state index contributed by atoms with van der Waals surface area (Å²) in [5.74, 6) is 0.888. The largest absolute Gasteiger partial charge is 0.497 e. The van der Waals surface area contributed by atoms with Crippen LogP contribution in [0, 0.1) is 5.92 Å². The Labute approximate surface area is 225 Å². The van der Waals surface area contributed by atoms with E-state index >= 15 is 0 Å². The highest BCUT2D eigenvalue weighted by Crippen LogP contribution is 2.47. The van der Waals surface area contributed by atoms with E-state index in [1.165, 1.54) is 5.56 Å². The molecule has 1 saturated carbocycles. The summed E-state index contributed by atoms with van der Waals surface area (Å²) >= 11 is 0. The van der Waals surface area contributed by atoms with Gasteiger partial charge < -0.3 is 9.64 Å². The average Bonchev–Trinajstić information content (AvgIpc) is 3.09. The fourth-order valence-corrected chi connectivity index (χ4v) is 6.24. The number of amides is 1. The molecule has 38 heavy (non-hydrogen) atoms. The number of Topliss-reactive ketones (excluding diaryl/α,β-unsaturated/α-hetero) is 1. The van der Waals surface area contributed by atoms with Crippen LogP contribution in [0.15, 0.2) is 77.8 Å². The molecule has 1 amide bonds. The van der Waals surface area contributed by atoms with E-state index in [4.69, 9.17) is 9.73 Å². The van der Waals surface area contributed by atoms with Crippen molar-refractivity contribution in [1.29, 1.82) is 0 Å². The number of fused-ring (bicyclic) bond motifs is 2. The number of nitrogens with zero attached hydrogens (tertiary/aromatic N) is 2. The van der Waals surface area contributed by atoms with Crippen LogP contribution in [-0.4, -0.2) is 24.5 Å². The zero-order valence-corrected chi connectivity index (χ0v) is 22.7. The lowest BCUT2D eigenvalue weighted by atomic mass is 9.72. The molecule has 3 aromatic carbocycles. The summed E-state index contributed by atoms with van der Waals surface area (Å²) in [5, 5.41) is 0. The zero-order chi connectivity index (χ0) is 26.8. The van der Waals surface area contributed by atoms with E-state index < -0.39 is 12.0 Å². The lowest BCUT2D eigenvalue weighted by Crippen LogP contribution is -2.45. The summed E-state index contributed by atoms with van der Waals surface area (Å²) in [5.41, 5.74) is 5.72. The van der Waals surface area contributed by atoms with Crippen molar-refractivity contribution in [3.05, 3.63) is 89.5 Å². The van der Waals surface area contributed by atoms with Crippen molar-refractivity contribution in [2.75, 3.05) is 12.0 Å². The van der Waals surface area contributed by atoms with Gasteiger partial charge in [0.15, 0.2) is 0 Å². The first-order chi connectivity index (χ1) is 18.4. The summed E-state index contributed by atoms with van der Waals surface area (Å²) in [6.07, 6.45) is 3.25. The maximum absolute atomic E-state index is 14.0. The second-order valence-electron chi connectivity index (χ2n) is 10.4. The number of methoxy groups -OCH3 is 1. The molecular formula is C33H36N2O3. The molecule has 3 unspecified atom stereocenters. The van der Waals surface area contributed by atoms with E-state index in [0.717, 1.165) is 46.8 Å². The SMILES string of the molecule is CCC(CC)c1ccc(C2C3C(=O)CC(c4ccc(OC)cc4)CC3=Nc3ccccc3N2C(C)=O)cc1. The minimum absolute atomic E-state index is 0.0392. The number of carbonyl (C=O) groups excluding carboxylic acids is 2. The number of aliphatic imine (C=N–C) groups is 1. The van der Waals surface area contributed by atoms with Gasteiger partial charge in [-0.15, -0.1) is 0 Å². The average molecular weight is 509 g/mol. The van der Waals surface area contributed by atoms with E-state index in [9.17, 15) is 9.59 Å². The van der Waals surface area contributed by atoms with Crippen LogP contribution in [-0.2, 0) is 9.59 Å². The quantitative estimate of drug-likeness (QED) is 0.345. The first-order valence-corrected chi connectivity index (χ1v) is 13.7. The van der Waals surface area contributed by atoms with Gasteiger partial charge in [-0.3, -0.25) is 14.6 Å². The standard InChI is InChI=1S/C33H36N2O3/c1-5-22(6-2)23-11-13-25(14-12-23)33-32-29(34-28-9-7-8-10-30(28)35(33)21(3)36)19-26(20-31(32)37)24-15-17-27(38-4)18-16-24/h7-18,22,26,32-33H,5-6,19-20H2,1-4H3. The highest BCUT2D eigenvalue weighted by molar-refractivity contribution is 6.13. The summed E-state index contributed by atoms with van der Waals surface area (Å²) < 4.78 is 5.33. The van der Waals surface area contributed by atoms with Crippen molar-refractivity contribution in [3.8, 4) is 5.75 Å². The van der Waals surface area contributed by atoms with Gasteiger partial charge in [-0.25, -0.2) is 0 Å². The van der Waals surface area contributed by atoms with Crippen molar-refractivity contribution in [2.45, 2.75) is 64.3 Å². The normalized spacial score (nSPS) is 20.9. The van der Waals surface area contributed by atoms with E-state index in [1.54, 1.807) is 18.9 Å². The molecular weight excluding hydrogens is 472 g/mol. The number of para-hydroxylation sites is 2. The Hall–Kier alpha value is -3.73. The van der Waals surface area contributed by atoms with E-state index in [2.05, 4.69) is 38.1 Å². The van der Waals surface area contributed by atoms with E-state index in [0.29, 0.717) is 18.8 Å². The van der Waals surface area contributed by atoms with Crippen molar-refractivity contribution in [2.24, 2.45) is 10.9 Å². The van der Waals surface area contributed by atoms with Gasteiger partial charge in [0.05, 0.1) is 30.4 Å². The highest BCUT2D eigenvalue weighted by Gasteiger charge is 2.45. The van der Waals surface area contributed by atoms with Crippen molar-refractivity contribution in [3.63, 3.8) is 0 Å². The summed E-state index contributed by atoms with van der Waals surface area (Å²) in [4.78, 5) is 34.1. The molecule has 1 heterocycles. The van der Waals surface area contributed by atoms with Crippen LogP contribution in [0.25, 0.3) is 0 Å². The number of hydrogen-bond acceptors (Lipinski definition) is 4. The van der Waals surface area contributed by atoms with Gasteiger partial charge in [0.25, 0.3) is 0 Å². The molecule has 0 radical (unpaired) electrons. The Balaban J connectivity index is 1.60. The molecule has 0 aromatic heterocycles. The van der Waals surface area contributed by atoms with E-state index in [-0.39, 0.29) is 17.6 Å². The van der Waals surface area contributed by atoms with Crippen LogP contribution in [0.4, 0.5) is 11.4 Å². The third kappa shape index (κ3) is 4.78. The van der Waals surface area contributed by atoms with Crippen LogP contribution in [0.3, 0.4) is 0 Å². The van der Waals surface area contributed by atoms with Crippen molar-refractivity contribution < 1.29 is 14.3 Å². The van der Waals surface area contributed by atoms with Crippen LogP contribution < -0.4 is 9.64 Å². The minimum atomic E-state index is -0.486. The molecule has 1 aliphatic carbocycles. The lowest BCUT2D eigenvalue weighted by molar-refractivity contribution is -0.123. The van der Waals surface area contributed by atoms with Crippen LogP contribution in [0.2, 0.25) is 0 Å². The molecule has 0 saturated heterocycles. The fourth-order valence-electron chi connectivity index (χ4n) is 6.24. The molecule has 0 N–H and O–H groups in total. The second kappa shape index (κ2) is 10.9. The molecule has 3 atom stereocenters. The number of benzene rings is 3. The summed E-state index contributed by atoms with van der Waals surface area (Å²) in [6, 6.07) is 23.8. The van der Waals surface area contributed by atoms with Gasteiger partial charge >= 0.3 is 0 Å². The number of hydrogen-bond donors (Lipinski definition) is 0. The van der Waals surface area contributed by atoms with E-state index in [1.807, 2.05) is 48.5 Å². The van der Waals surface area contributed by atoms with Crippen LogP contribution in [0.1, 0.15) is 81.0 Å². The number of ether oxygens (including phenoxy) is 1. The number of anilines is 1. The molecule has 5 nitrogen and oxygen atoms in total. The van der Waals surface area contributed by atoms with Gasteiger partial charge in [-0.05, 0) is 72.1 Å². The Morgan fingerprint density at radius 1 is 0.947 bits per heavy atom.